The van der Waals surface area contributed by atoms with Gasteiger partial charge in [-0.25, -0.2) is 4.98 Å². The van der Waals surface area contributed by atoms with Gasteiger partial charge in [-0.15, -0.1) is 0 Å². The van der Waals surface area contributed by atoms with E-state index in [-0.39, 0.29) is 11.5 Å². The van der Waals surface area contributed by atoms with Gasteiger partial charge in [0.2, 0.25) is 0 Å². The van der Waals surface area contributed by atoms with Crippen LogP contribution in [0.5, 0.6) is 0 Å². The number of nitrogens with zero attached hydrogens (tertiary/aromatic N) is 4. The van der Waals surface area contributed by atoms with Crippen LogP contribution in [0.3, 0.4) is 0 Å². The first-order chi connectivity index (χ1) is 16.9. The maximum atomic E-state index is 13.6. The number of carbonyl (C=O) groups excluding carboxylic acids is 1. The number of pyridine rings is 1. The number of thiocarbonyl (C=S) groups is 1. The summed E-state index contributed by atoms with van der Waals surface area (Å²) < 4.78 is 2.07. The number of rotatable bonds is 5. The van der Waals surface area contributed by atoms with Gasteiger partial charge in [0.25, 0.3) is 11.5 Å². The summed E-state index contributed by atoms with van der Waals surface area (Å²) in [6.07, 6.45) is 5.29. The Morgan fingerprint density at radius 2 is 1.77 bits per heavy atom. The highest BCUT2D eigenvalue weighted by molar-refractivity contribution is 8.26. The van der Waals surface area contributed by atoms with E-state index >= 15 is 0 Å². The number of aromatic nitrogens is 2. The molecule has 2 atom stereocenters. The molecule has 0 N–H and O–H groups in total. The van der Waals surface area contributed by atoms with Gasteiger partial charge in [0.05, 0.1) is 10.5 Å². The van der Waals surface area contributed by atoms with E-state index in [2.05, 4.69) is 18.7 Å². The zero-order chi connectivity index (χ0) is 24.5. The summed E-state index contributed by atoms with van der Waals surface area (Å²) in [6.45, 7) is 6.63. The number of anilines is 1. The molecule has 0 bridgehead atoms. The van der Waals surface area contributed by atoms with Crippen LogP contribution in [0.1, 0.15) is 31.4 Å². The summed E-state index contributed by atoms with van der Waals surface area (Å²) in [4.78, 5) is 36.1. The van der Waals surface area contributed by atoms with Crippen LogP contribution in [0, 0.1) is 11.8 Å². The van der Waals surface area contributed by atoms with Crippen molar-refractivity contribution in [2.75, 3.05) is 24.5 Å². The van der Waals surface area contributed by atoms with Crippen LogP contribution in [-0.2, 0) is 11.2 Å². The summed E-state index contributed by atoms with van der Waals surface area (Å²) in [5.74, 6) is 1.49. The summed E-state index contributed by atoms with van der Waals surface area (Å²) >= 11 is 6.80. The highest BCUT2D eigenvalue weighted by Crippen LogP contribution is 2.34. The van der Waals surface area contributed by atoms with Gasteiger partial charge < -0.3 is 4.90 Å². The van der Waals surface area contributed by atoms with E-state index in [1.165, 1.54) is 11.8 Å². The van der Waals surface area contributed by atoms with Gasteiger partial charge in [-0.3, -0.25) is 18.9 Å². The van der Waals surface area contributed by atoms with E-state index in [0.29, 0.717) is 44.6 Å². The van der Waals surface area contributed by atoms with E-state index in [9.17, 15) is 9.59 Å². The molecule has 2 saturated heterocycles. The van der Waals surface area contributed by atoms with Crippen molar-refractivity contribution < 1.29 is 4.79 Å². The lowest BCUT2D eigenvalue weighted by Crippen LogP contribution is -2.40. The molecule has 180 valence electrons. The molecule has 5 rings (SSSR count). The molecule has 3 aromatic rings. The Morgan fingerprint density at radius 1 is 1.06 bits per heavy atom. The monoisotopic (exact) mass is 504 g/mol. The molecule has 35 heavy (non-hydrogen) atoms. The number of thioether (sulfide) groups is 1. The highest BCUT2D eigenvalue weighted by Gasteiger charge is 2.33. The average molecular weight is 505 g/mol. The minimum absolute atomic E-state index is 0.153. The van der Waals surface area contributed by atoms with E-state index in [4.69, 9.17) is 17.2 Å². The molecule has 0 aliphatic carbocycles. The molecule has 0 radical (unpaired) electrons. The van der Waals surface area contributed by atoms with Gasteiger partial charge in [0.1, 0.15) is 15.8 Å². The molecule has 2 aliphatic rings. The second-order valence-corrected chi connectivity index (χ2v) is 11.2. The van der Waals surface area contributed by atoms with Gasteiger partial charge >= 0.3 is 0 Å². The first-order valence-corrected chi connectivity index (χ1v) is 13.2. The lowest BCUT2D eigenvalue weighted by Gasteiger charge is -2.36. The topological polar surface area (TPSA) is 57.9 Å². The second kappa shape index (κ2) is 9.95. The fraction of sp³-hybridized carbons (Fsp3) is 0.333. The molecular weight excluding hydrogens is 476 g/mol. The third-order valence-electron chi connectivity index (χ3n) is 6.53. The van der Waals surface area contributed by atoms with Crippen LogP contribution in [-0.4, -0.2) is 44.1 Å². The lowest BCUT2D eigenvalue weighted by atomic mass is 9.91. The van der Waals surface area contributed by atoms with Crippen LogP contribution in [0.15, 0.2) is 64.4 Å². The Kier molecular flexibility index (Phi) is 6.75. The Bertz CT molecular complexity index is 1360. The van der Waals surface area contributed by atoms with Crippen molar-refractivity contribution in [3.63, 3.8) is 0 Å². The minimum Gasteiger partial charge on any atom is -0.355 e. The molecular formula is C27H28N4O2S2. The summed E-state index contributed by atoms with van der Waals surface area (Å²) in [5.41, 5.74) is 2.02. The molecule has 1 amide bonds. The second-order valence-electron chi connectivity index (χ2n) is 9.50. The maximum absolute atomic E-state index is 13.6. The van der Waals surface area contributed by atoms with Gasteiger partial charge in [0, 0.05) is 25.8 Å². The zero-order valence-electron chi connectivity index (χ0n) is 19.9. The SMILES string of the molecule is C[C@@H]1C[C@@H](C)CN(c2nc3ccccn3c(=O)c2/C=C2\SC(=S)N(CCc3ccccc3)C2=O)C1. The Balaban J connectivity index is 1.51. The first-order valence-electron chi connectivity index (χ1n) is 12.0. The number of amides is 1. The van der Waals surface area contributed by atoms with Gasteiger partial charge in [-0.1, -0.05) is 74.2 Å². The molecule has 2 aromatic heterocycles. The third kappa shape index (κ3) is 4.90. The summed E-state index contributed by atoms with van der Waals surface area (Å²) in [5, 5.41) is 0. The number of fused-ring (bicyclic) bond motifs is 1. The quantitative estimate of drug-likeness (QED) is 0.373. The molecule has 0 spiro atoms. The van der Waals surface area contributed by atoms with Gasteiger partial charge in [0.15, 0.2) is 0 Å². The van der Waals surface area contributed by atoms with Crippen molar-refractivity contribution in [1.29, 1.82) is 0 Å². The largest absolute Gasteiger partial charge is 0.355 e. The van der Waals surface area contributed by atoms with Crippen LogP contribution in [0.4, 0.5) is 5.82 Å². The van der Waals surface area contributed by atoms with E-state index in [1.807, 2.05) is 48.5 Å². The van der Waals surface area contributed by atoms with Crippen molar-refractivity contribution >= 4 is 51.7 Å². The predicted octanol–water partition coefficient (Wildman–Crippen LogP) is 4.62. The normalized spacial score (nSPS) is 21.9. The molecule has 0 saturated carbocycles. The number of hydrogen-bond acceptors (Lipinski definition) is 6. The van der Waals surface area contributed by atoms with Crippen molar-refractivity contribution in [3.8, 4) is 0 Å². The van der Waals surface area contributed by atoms with Gasteiger partial charge in [-0.05, 0) is 48.4 Å². The first kappa shape index (κ1) is 23.8. The minimum atomic E-state index is -0.175. The molecule has 0 unspecified atom stereocenters. The molecule has 2 fully saturated rings. The maximum Gasteiger partial charge on any atom is 0.267 e. The Morgan fingerprint density at radius 3 is 2.51 bits per heavy atom. The lowest BCUT2D eigenvalue weighted by molar-refractivity contribution is -0.122. The average Bonchev–Trinajstić information content (AvgIpc) is 3.11. The summed E-state index contributed by atoms with van der Waals surface area (Å²) in [7, 11) is 0. The summed E-state index contributed by atoms with van der Waals surface area (Å²) in [6, 6.07) is 15.6. The van der Waals surface area contributed by atoms with Gasteiger partial charge in [-0.2, -0.15) is 0 Å². The fourth-order valence-corrected chi connectivity index (χ4v) is 6.29. The van der Waals surface area contributed by atoms with Crippen LogP contribution in [0.25, 0.3) is 11.7 Å². The number of hydrogen-bond donors (Lipinski definition) is 0. The van der Waals surface area contributed by atoms with Crippen molar-refractivity contribution in [2.45, 2.75) is 26.7 Å². The fourth-order valence-electron chi connectivity index (χ4n) is 5.00. The smallest absolute Gasteiger partial charge is 0.267 e. The van der Waals surface area contributed by atoms with Crippen LogP contribution < -0.4 is 10.5 Å². The number of carbonyl (C=O) groups is 1. The van der Waals surface area contributed by atoms with E-state index in [1.54, 1.807) is 21.6 Å². The third-order valence-corrected chi connectivity index (χ3v) is 7.91. The standard InChI is InChI=1S/C27H28N4O2S2/c1-18-14-19(2)17-29(16-18)24-21(25(32)30-12-7-6-10-23(30)28-24)15-22-26(33)31(27(34)35-22)13-11-20-8-4-3-5-9-20/h3-10,12,15,18-19H,11,13-14,16-17H2,1-2H3/b22-15-/t18-,19-/m1/s1. The molecule has 2 aliphatic heterocycles. The zero-order valence-corrected chi connectivity index (χ0v) is 21.5. The highest BCUT2D eigenvalue weighted by atomic mass is 32.2. The van der Waals surface area contributed by atoms with E-state index in [0.717, 1.165) is 31.5 Å². The predicted molar refractivity (Wildman–Crippen MR) is 147 cm³/mol. The Labute approximate surface area is 214 Å². The van der Waals surface area contributed by atoms with Crippen molar-refractivity contribution in [3.05, 3.63) is 81.1 Å². The van der Waals surface area contributed by atoms with E-state index < -0.39 is 0 Å². The van der Waals surface area contributed by atoms with Crippen molar-refractivity contribution in [2.24, 2.45) is 11.8 Å². The Hall–Kier alpha value is -2.97. The molecule has 1 aromatic carbocycles. The van der Waals surface area contributed by atoms with Crippen LogP contribution >= 0.6 is 24.0 Å². The van der Waals surface area contributed by atoms with Crippen LogP contribution in [0.2, 0.25) is 0 Å². The van der Waals surface area contributed by atoms with Crippen molar-refractivity contribution in [1.82, 2.24) is 14.3 Å². The number of benzene rings is 1. The number of piperidine rings is 1. The molecule has 4 heterocycles. The molecule has 6 nitrogen and oxygen atoms in total. The molecule has 8 heteroatoms.